The summed E-state index contributed by atoms with van der Waals surface area (Å²) in [5.41, 5.74) is 0.782. The van der Waals surface area contributed by atoms with Gasteiger partial charge in [-0.3, -0.25) is 0 Å². The summed E-state index contributed by atoms with van der Waals surface area (Å²) in [6.07, 6.45) is 1.56. The lowest BCUT2D eigenvalue weighted by Crippen LogP contribution is -2.25. The van der Waals surface area contributed by atoms with Crippen LogP contribution in [0.15, 0.2) is 6.20 Å². The third kappa shape index (κ3) is 2.80. The number of aromatic nitrogens is 2. The van der Waals surface area contributed by atoms with Gasteiger partial charge in [-0.15, -0.1) is 0 Å². The molecule has 6 heteroatoms. The summed E-state index contributed by atoms with van der Waals surface area (Å²) in [5.74, 6) is 0.526. The van der Waals surface area contributed by atoms with Crippen molar-refractivity contribution in [3.63, 3.8) is 0 Å². The highest BCUT2D eigenvalue weighted by Gasteiger charge is 2.11. The topological polar surface area (TPSA) is 76.6 Å². The molecule has 0 amide bonds. The number of nitriles is 2. The van der Waals surface area contributed by atoms with E-state index in [0.29, 0.717) is 5.82 Å². The fourth-order valence-electron chi connectivity index (χ4n) is 1.11. The quantitative estimate of drug-likeness (QED) is 0.568. The zero-order valence-corrected chi connectivity index (χ0v) is 8.86. The van der Waals surface area contributed by atoms with Crippen LogP contribution in [0.1, 0.15) is 5.56 Å². The normalized spacial score (nSPS) is 9.07. The van der Waals surface area contributed by atoms with E-state index in [1.54, 1.807) is 18.0 Å². The maximum Gasteiger partial charge on any atom is 0.224 e. The zero-order valence-electron chi connectivity index (χ0n) is 8.11. The highest BCUT2D eigenvalue weighted by Crippen LogP contribution is 2.17. The van der Waals surface area contributed by atoms with Gasteiger partial charge in [0.25, 0.3) is 0 Å². The van der Waals surface area contributed by atoms with E-state index < -0.39 is 0 Å². The van der Waals surface area contributed by atoms with Crippen molar-refractivity contribution in [3.8, 4) is 12.1 Å². The molecule has 0 unspecified atom stereocenters. The number of rotatable bonds is 3. The maximum atomic E-state index is 8.61. The molecule has 1 rings (SSSR count). The van der Waals surface area contributed by atoms with Crippen molar-refractivity contribution in [2.45, 2.75) is 6.92 Å². The van der Waals surface area contributed by atoms with Gasteiger partial charge in [-0.1, -0.05) is 0 Å². The van der Waals surface area contributed by atoms with Crippen LogP contribution in [0, 0.1) is 29.6 Å². The lowest BCUT2D eigenvalue weighted by molar-refractivity contribution is 0.915. The molecule has 5 nitrogen and oxygen atoms in total. The van der Waals surface area contributed by atoms with Crippen molar-refractivity contribution >= 4 is 17.4 Å². The Hall–Kier alpha value is -1.85. The molecule has 76 valence electrons. The molecule has 1 aromatic heterocycles. The molecular formula is C9H8ClN5. The molecule has 0 spiro atoms. The second-order valence-electron chi connectivity index (χ2n) is 2.82. The first-order chi connectivity index (χ1) is 7.19. The molecule has 0 radical (unpaired) electrons. The molecule has 1 aromatic rings. The number of nitrogens with zero attached hydrogens (tertiary/aromatic N) is 5. The molecule has 0 N–H and O–H groups in total. The number of anilines is 1. The Labute approximate surface area is 92.5 Å². The Morgan fingerprint density at radius 1 is 1.40 bits per heavy atom. The smallest absolute Gasteiger partial charge is 0.224 e. The second-order valence-corrected chi connectivity index (χ2v) is 3.16. The van der Waals surface area contributed by atoms with Crippen molar-refractivity contribution in [3.05, 3.63) is 17.0 Å². The summed E-state index contributed by atoms with van der Waals surface area (Å²) in [7, 11) is 0. The van der Waals surface area contributed by atoms with Crippen LogP contribution < -0.4 is 4.90 Å². The molecule has 0 bridgehead atoms. The molecule has 15 heavy (non-hydrogen) atoms. The molecule has 0 aliphatic heterocycles. The summed E-state index contributed by atoms with van der Waals surface area (Å²) in [5, 5.41) is 17.3. The third-order valence-electron chi connectivity index (χ3n) is 1.74. The summed E-state index contributed by atoms with van der Waals surface area (Å²) >= 11 is 5.65. The van der Waals surface area contributed by atoms with Gasteiger partial charge in [0.1, 0.15) is 18.9 Å². The summed E-state index contributed by atoms with van der Waals surface area (Å²) in [6, 6.07) is 3.94. The van der Waals surface area contributed by atoms with E-state index in [1.807, 2.05) is 12.1 Å². The van der Waals surface area contributed by atoms with Crippen molar-refractivity contribution < 1.29 is 0 Å². The van der Waals surface area contributed by atoms with Gasteiger partial charge in [0.2, 0.25) is 5.28 Å². The van der Waals surface area contributed by atoms with Crippen molar-refractivity contribution in [1.82, 2.24) is 9.97 Å². The van der Waals surface area contributed by atoms with Crippen molar-refractivity contribution in [1.29, 1.82) is 10.5 Å². The van der Waals surface area contributed by atoms with Crippen LogP contribution in [-0.2, 0) is 0 Å². The van der Waals surface area contributed by atoms with E-state index in [9.17, 15) is 0 Å². The van der Waals surface area contributed by atoms with Crippen LogP contribution in [0.25, 0.3) is 0 Å². The lowest BCUT2D eigenvalue weighted by Gasteiger charge is -2.18. The fourth-order valence-corrected chi connectivity index (χ4v) is 1.24. The standard InChI is InChI=1S/C9H8ClN5/c1-7-6-13-9(10)14-8(7)15(4-2-11)5-3-12/h6H,4-5H2,1H3. The van der Waals surface area contributed by atoms with E-state index in [0.717, 1.165) is 5.56 Å². The summed E-state index contributed by atoms with van der Waals surface area (Å²) in [6.45, 7) is 2.00. The van der Waals surface area contributed by atoms with Crippen molar-refractivity contribution in [2.75, 3.05) is 18.0 Å². The highest BCUT2D eigenvalue weighted by molar-refractivity contribution is 6.28. The van der Waals surface area contributed by atoms with E-state index in [4.69, 9.17) is 22.1 Å². The molecule has 0 aliphatic carbocycles. The molecule has 0 aromatic carbocycles. The van der Waals surface area contributed by atoms with Gasteiger partial charge >= 0.3 is 0 Å². The molecule has 0 saturated heterocycles. The SMILES string of the molecule is Cc1cnc(Cl)nc1N(CC#N)CC#N. The monoisotopic (exact) mass is 221 g/mol. The van der Waals surface area contributed by atoms with Gasteiger partial charge < -0.3 is 4.90 Å². The highest BCUT2D eigenvalue weighted by atomic mass is 35.5. The minimum atomic E-state index is 0.0990. The minimum absolute atomic E-state index is 0.0990. The Kier molecular flexibility index (Phi) is 3.84. The molecule has 0 atom stereocenters. The van der Waals surface area contributed by atoms with Crippen LogP contribution in [-0.4, -0.2) is 23.1 Å². The van der Waals surface area contributed by atoms with Gasteiger partial charge in [-0.2, -0.15) is 10.5 Å². The van der Waals surface area contributed by atoms with E-state index in [-0.39, 0.29) is 18.4 Å². The van der Waals surface area contributed by atoms with Gasteiger partial charge in [0.05, 0.1) is 12.1 Å². The molecule has 0 saturated carbocycles. The molecular weight excluding hydrogens is 214 g/mol. The van der Waals surface area contributed by atoms with E-state index in [1.165, 1.54) is 0 Å². The third-order valence-corrected chi connectivity index (χ3v) is 1.92. The largest absolute Gasteiger partial charge is 0.330 e. The average molecular weight is 222 g/mol. The predicted molar refractivity (Wildman–Crippen MR) is 55.2 cm³/mol. The van der Waals surface area contributed by atoms with Crippen LogP contribution >= 0.6 is 11.6 Å². The number of hydrogen-bond acceptors (Lipinski definition) is 5. The zero-order chi connectivity index (χ0) is 11.3. The van der Waals surface area contributed by atoms with E-state index >= 15 is 0 Å². The van der Waals surface area contributed by atoms with Crippen LogP contribution in [0.3, 0.4) is 0 Å². The Morgan fingerprint density at radius 2 is 2.00 bits per heavy atom. The number of hydrogen-bond donors (Lipinski definition) is 0. The number of halogens is 1. The maximum absolute atomic E-state index is 8.61. The van der Waals surface area contributed by atoms with Crippen LogP contribution in [0.4, 0.5) is 5.82 Å². The second kappa shape index (κ2) is 5.14. The van der Waals surface area contributed by atoms with Crippen molar-refractivity contribution in [2.24, 2.45) is 0 Å². The average Bonchev–Trinajstić information content (AvgIpc) is 2.21. The minimum Gasteiger partial charge on any atom is -0.330 e. The Morgan fingerprint density at radius 3 is 2.53 bits per heavy atom. The first kappa shape index (κ1) is 11.2. The Balaban J connectivity index is 3.06. The Bertz CT molecular complexity index is 415. The summed E-state index contributed by atoms with van der Waals surface area (Å²) < 4.78 is 0. The lowest BCUT2D eigenvalue weighted by atomic mass is 10.3. The summed E-state index contributed by atoms with van der Waals surface area (Å²) in [4.78, 5) is 9.34. The van der Waals surface area contributed by atoms with Gasteiger partial charge in [-0.05, 0) is 18.5 Å². The van der Waals surface area contributed by atoms with Gasteiger partial charge in [0.15, 0.2) is 0 Å². The molecule has 1 heterocycles. The number of aryl methyl sites for hydroxylation is 1. The first-order valence-electron chi connectivity index (χ1n) is 4.17. The van der Waals surface area contributed by atoms with E-state index in [2.05, 4.69) is 9.97 Å². The molecule has 0 fully saturated rings. The van der Waals surface area contributed by atoms with Crippen LogP contribution in [0.5, 0.6) is 0 Å². The van der Waals surface area contributed by atoms with Crippen LogP contribution in [0.2, 0.25) is 5.28 Å². The van der Waals surface area contributed by atoms with Gasteiger partial charge in [-0.25, -0.2) is 9.97 Å². The van der Waals surface area contributed by atoms with Gasteiger partial charge in [0, 0.05) is 11.8 Å². The first-order valence-corrected chi connectivity index (χ1v) is 4.55. The fraction of sp³-hybridized carbons (Fsp3) is 0.333. The molecule has 0 aliphatic rings. The predicted octanol–water partition coefficient (Wildman–Crippen LogP) is 1.29.